The summed E-state index contributed by atoms with van der Waals surface area (Å²) >= 11 is 11.9. The SMILES string of the molecule is Cc1ccc(C(=O)C=Cc2cc(-c3ccc(Cl)c(Cl)c3)n[nH]2)cc1. The molecule has 0 aliphatic carbocycles. The predicted molar refractivity (Wildman–Crippen MR) is 98.6 cm³/mol. The average Bonchev–Trinajstić information content (AvgIpc) is 3.05. The zero-order chi connectivity index (χ0) is 17.1. The first-order chi connectivity index (χ1) is 11.5. The topological polar surface area (TPSA) is 45.8 Å². The molecule has 0 radical (unpaired) electrons. The first-order valence-electron chi connectivity index (χ1n) is 7.33. The van der Waals surface area contributed by atoms with Crippen molar-refractivity contribution in [3.8, 4) is 11.3 Å². The van der Waals surface area contributed by atoms with Crippen LogP contribution in [0, 0.1) is 6.92 Å². The highest BCUT2D eigenvalue weighted by atomic mass is 35.5. The lowest BCUT2D eigenvalue weighted by Crippen LogP contribution is -1.93. The van der Waals surface area contributed by atoms with Gasteiger partial charge >= 0.3 is 0 Å². The lowest BCUT2D eigenvalue weighted by molar-refractivity contribution is 0.104. The fourth-order valence-corrected chi connectivity index (χ4v) is 2.50. The smallest absolute Gasteiger partial charge is 0.185 e. The second kappa shape index (κ2) is 7.04. The third-order valence-corrected chi connectivity index (χ3v) is 4.30. The maximum atomic E-state index is 12.1. The minimum absolute atomic E-state index is 0.0549. The maximum absolute atomic E-state index is 12.1. The van der Waals surface area contributed by atoms with Crippen molar-refractivity contribution in [2.24, 2.45) is 0 Å². The molecule has 120 valence electrons. The Balaban J connectivity index is 1.77. The number of ketones is 1. The average molecular weight is 357 g/mol. The summed E-state index contributed by atoms with van der Waals surface area (Å²) in [6.45, 7) is 1.99. The van der Waals surface area contributed by atoms with E-state index in [0.717, 1.165) is 22.5 Å². The molecule has 0 aliphatic rings. The Labute approximate surface area is 149 Å². The maximum Gasteiger partial charge on any atom is 0.185 e. The molecule has 3 aromatic rings. The van der Waals surface area contributed by atoms with Crippen LogP contribution in [0.2, 0.25) is 10.0 Å². The molecule has 1 heterocycles. The van der Waals surface area contributed by atoms with Gasteiger partial charge in [-0.15, -0.1) is 0 Å². The number of nitrogens with zero attached hydrogens (tertiary/aromatic N) is 1. The summed E-state index contributed by atoms with van der Waals surface area (Å²) in [7, 11) is 0. The van der Waals surface area contributed by atoms with Crippen LogP contribution in [0.1, 0.15) is 21.6 Å². The number of carbonyl (C=O) groups excluding carboxylic acids is 1. The first kappa shape index (κ1) is 16.5. The first-order valence-corrected chi connectivity index (χ1v) is 8.08. The molecule has 2 aromatic carbocycles. The number of aryl methyl sites for hydroxylation is 1. The van der Waals surface area contributed by atoms with Crippen LogP contribution < -0.4 is 0 Å². The molecule has 0 aliphatic heterocycles. The number of aromatic nitrogens is 2. The van der Waals surface area contributed by atoms with E-state index in [9.17, 15) is 4.79 Å². The number of hydrogen-bond donors (Lipinski definition) is 1. The van der Waals surface area contributed by atoms with Gasteiger partial charge in [-0.3, -0.25) is 9.89 Å². The van der Waals surface area contributed by atoms with E-state index in [4.69, 9.17) is 23.2 Å². The van der Waals surface area contributed by atoms with E-state index in [1.54, 1.807) is 18.2 Å². The lowest BCUT2D eigenvalue weighted by Gasteiger charge is -1.98. The molecule has 0 saturated heterocycles. The zero-order valence-corrected chi connectivity index (χ0v) is 14.4. The molecule has 1 aromatic heterocycles. The fourth-order valence-electron chi connectivity index (χ4n) is 2.20. The molecule has 0 spiro atoms. The van der Waals surface area contributed by atoms with Crippen LogP contribution in [0.5, 0.6) is 0 Å². The number of H-pyrrole nitrogens is 1. The molecule has 5 heteroatoms. The molecule has 0 bridgehead atoms. The van der Waals surface area contributed by atoms with Crippen LogP contribution in [0.15, 0.2) is 54.6 Å². The number of hydrogen-bond acceptors (Lipinski definition) is 2. The van der Waals surface area contributed by atoms with Crippen molar-refractivity contribution in [1.82, 2.24) is 10.2 Å². The normalized spacial score (nSPS) is 11.1. The summed E-state index contributed by atoms with van der Waals surface area (Å²) in [5.41, 5.74) is 4.09. The Morgan fingerprint density at radius 1 is 1.04 bits per heavy atom. The Morgan fingerprint density at radius 3 is 2.50 bits per heavy atom. The molecule has 0 amide bonds. The summed E-state index contributed by atoms with van der Waals surface area (Å²) in [6.07, 6.45) is 3.23. The quantitative estimate of drug-likeness (QED) is 0.489. The van der Waals surface area contributed by atoms with Crippen LogP contribution in [-0.2, 0) is 0 Å². The summed E-state index contributed by atoms with van der Waals surface area (Å²) in [6, 6.07) is 14.6. The van der Waals surface area contributed by atoms with Crippen LogP contribution in [0.25, 0.3) is 17.3 Å². The summed E-state index contributed by atoms with van der Waals surface area (Å²) in [5, 5.41) is 8.09. The number of aromatic amines is 1. The van der Waals surface area contributed by atoms with Gasteiger partial charge in [0.25, 0.3) is 0 Å². The Morgan fingerprint density at radius 2 is 1.79 bits per heavy atom. The Kier molecular flexibility index (Phi) is 4.84. The highest BCUT2D eigenvalue weighted by Crippen LogP contribution is 2.27. The van der Waals surface area contributed by atoms with Gasteiger partial charge in [0, 0.05) is 11.1 Å². The van der Waals surface area contributed by atoms with Crippen molar-refractivity contribution in [3.05, 3.63) is 81.5 Å². The largest absolute Gasteiger partial charge is 0.289 e. The van der Waals surface area contributed by atoms with Gasteiger partial charge in [-0.1, -0.05) is 59.1 Å². The van der Waals surface area contributed by atoms with Crippen LogP contribution in [-0.4, -0.2) is 16.0 Å². The molecule has 24 heavy (non-hydrogen) atoms. The van der Waals surface area contributed by atoms with Crippen LogP contribution >= 0.6 is 23.2 Å². The fraction of sp³-hybridized carbons (Fsp3) is 0.0526. The third kappa shape index (κ3) is 3.75. The van der Waals surface area contributed by atoms with Gasteiger partial charge in [0.2, 0.25) is 0 Å². The van der Waals surface area contributed by atoms with E-state index in [2.05, 4.69) is 10.2 Å². The Hall–Kier alpha value is -2.36. The molecule has 3 nitrogen and oxygen atoms in total. The van der Waals surface area contributed by atoms with Crippen molar-refractivity contribution in [3.63, 3.8) is 0 Å². The third-order valence-electron chi connectivity index (χ3n) is 3.56. The standard InChI is InChI=1S/C19H14Cl2N2O/c1-12-2-4-13(5-3-12)19(24)9-7-15-11-18(23-22-15)14-6-8-16(20)17(21)10-14/h2-11H,1H3,(H,22,23). The highest BCUT2D eigenvalue weighted by Gasteiger charge is 2.06. The Bertz CT molecular complexity index is 911. The van der Waals surface area contributed by atoms with Gasteiger partial charge in [-0.25, -0.2) is 0 Å². The van der Waals surface area contributed by atoms with E-state index in [1.165, 1.54) is 6.08 Å². The monoisotopic (exact) mass is 356 g/mol. The van der Waals surface area contributed by atoms with Gasteiger partial charge in [-0.2, -0.15) is 5.10 Å². The molecule has 0 unspecified atom stereocenters. The number of benzene rings is 2. The summed E-state index contributed by atoms with van der Waals surface area (Å²) in [4.78, 5) is 12.1. The second-order valence-corrected chi connectivity index (χ2v) is 6.22. The molecular weight excluding hydrogens is 343 g/mol. The molecule has 0 atom stereocenters. The number of carbonyl (C=O) groups is 1. The van der Waals surface area contributed by atoms with Crippen molar-refractivity contribution >= 4 is 35.1 Å². The van der Waals surface area contributed by atoms with E-state index in [1.807, 2.05) is 43.3 Å². The molecule has 0 saturated carbocycles. The lowest BCUT2D eigenvalue weighted by atomic mass is 10.1. The molecule has 0 fully saturated rings. The van der Waals surface area contributed by atoms with Crippen molar-refractivity contribution < 1.29 is 4.79 Å². The summed E-state index contributed by atoms with van der Waals surface area (Å²) < 4.78 is 0. The second-order valence-electron chi connectivity index (χ2n) is 5.40. The van der Waals surface area contributed by atoms with Crippen LogP contribution in [0.3, 0.4) is 0 Å². The van der Waals surface area contributed by atoms with E-state index in [0.29, 0.717) is 15.6 Å². The van der Waals surface area contributed by atoms with Gasteiger partial charge in [0.15, 0.2) is 5.78 Å². The van der Waals surface area contributed by atoms with Crippen molar-refractivity contribution in [2.45, 2.75) is 6.92 Å². The number of allylic oxidation sites excluding steroid dienone is 1. The highest BCUT2D eigenvalue weighted by molar-refractivity contribution is 6.42. The van der Waals surface area contributed by atoms with Crippen LogP contribution in [0.4, 0.5) is 0 Å². The number of nitrogens with one attached hydrogen (secondary N) is 1. The minimum atomic E-state index is -0.0549. The zero-order valence-electron chi connectivity index (χ0n) is 12.9. The predicted octanol–water partition coefficient (Wildman–Crippen LogP) is 5.59. The number of rotatable bonds is 4. The number of halogens is 2. The molecular formula is C19H14Cl2N2O. The summed E-state index contributed by atoms with van der Waals surface area (Å²) in [5.74, 6) is -0.0549. The van der Waals surface area contributed by atoms with E-state index in [-0.39, 0.29) is 5.78 Å². The van der Waals surface area contributed by atoms with E-state index < -0.39 is 0 Å². The van der Waals surface area contributed by atoms with Gasteiger partial charge in [0.05, 0.1) is 21.4 Å². The molecule has 1 N–H and O–H groups in total. The van der Waals surface area contributed by atoms with Gasteiger partial charge in [0.1, 0.15) is 0 Å². The van der Waals surface area contributed by atoms with Gasteiger partial charge < -0.3 is 0 Å². The van der Waals surface area contributed by atoms with Gasteiger partial charge in [-0.05, 0) is 37.3 Å². The van der Waals surface area contributed by atoms with Crippen molar-refractivity contribution in [2.75, 3.05) is 0 Å². The molecule has 3 rings (SSSR count). The van der Waals surface area contributed by atoms with Crippen molar-refractivity contribution in [1.29, 1.82) is 0 Å². The van der Waals surface area contributed by atoms with E-state index >= 15 is 0 Å². The minimum Gasteiger partial charge on any atom is -0.289 e.